The van der Waals surface area contributed by atoms with Crippen LogP contribution >= 0.6 is 0 Å². The van der Waals surface area contributed by atoms with E-state index in [0.29, 0.717) is 0 Å². The van der Waals surface area contributed by atoms with E-state index in [9.17, 15) is 0 Å². The van der Waals surface area contributed by atoms with Crippen LogP contribution in [0.3, 0.4) is 0 Å². The molecule has 0 saturated carbocycles. The van der Waals surface area contributed by atoms with Crippen LogP contribution in [0.25, 0.3) is 0 Å². The second kappa shape index (κ2) is 85.0. The van der Waals surface area contributed by atoms with E-state index in [1.54, 1.807) is 0 Å². The molecule has 0 bridgehead atoms. The Kier molecular flexibility index (Phi) is 84.9. The van der Waals surface area contributed by atoms with E-state index in [2.05, 4.69) is 25.7 Å². The number of nitrogens with zero attached hydrogens (tertiary/aromatic N) is 1. The van der Waals surface area contributed by atoms with Gasteiger partial charge < -0.3 is 4.90 Å². The predicted molar refractivity (Wildman–Crippen MR) is 407 cm³/mol. The molecule has 0 atom stereocenters. The summed E-state index contributed by atoms with van der Waals surface area (Å²) in [4.78, 5) is 2.92. The summed E-state index contributed by atoms with van der Waals surface area (Å²) in [6.45, 7) is 11.1. The summed E-state index contributed by atoms with van der Waals surface area (Å²) < 4.78 is 0. The lowest BCUT2D eigenvalue weighted by atomic mass is 10.0. The minimum absolute atomic E-state index is 1.37. The standard InChI is InChI=1S/C87H177N/c1-4-7-10-13-16-19-22-25-28-31-34-37-40-43-46-49-52-55-58-61-64-67-70-73-76-79-82-85-88(86-83-80-77-74-71-68-65-62-59-56-53-50-47-44-41-38-35-32-29-26-23-20-17-14-11-8-5-2)87-84-81-78-75-72-69-66-63-60-57-54-51-48-45-42-39-36-33-30-27-24-21-18-15-12-9-6-3/h4-87H2,1-3H3. The fourth-order valence-corrected chi connectivity index (χ4v) is 14.8. The minimum Gasteiger partial charge on any atom is -0.303 e. The maximum absolute atomic E-state index is 2.92. The Labute approximate surface area is 562 Å². The van der Waals surface area contributed by atoms with Gasteiger partial charge in [-0.25, -0.2) is 0 Å². The van der Waals surface area contributed by atoms with Gasteiger partial charge in [0.2, 0.25) is 0 Å². The van der Waals surface area contributed by atoms with E-state index in [1.807, 2.05) is 0 Å². The third-order valence-electron chi connectivity index (χ3n) is 21.2. The molecule has 0 saturated heterocycles. The zero-order chi connectivity index (χ0) is 63.0. The van der Waals surface area contributed by atoms with Gasteiger partial charge >= 0.3 is 0 Å². The summed E-state index contributed by atoms with van der Waals surface area (Å²) in [5, 5.41) is 0. The Hall–Kier alpha value is -0.0400. The minimum atomic E-state index is 1.37. The lowest BCUT2D eigenvalue weighted by Gasteiger charge is -2.22. The van der Waals surface area contributed by atoms with Gasteiger partial charge in [0.05, 0.1) is 0 Å². The van der Waals surface area contributed by atoms with Gasteiger partial charge in [-0.15, -0.1) is 0 Å². The maximum Gasteiger partial charge on any atom is -0.00187 e. The molecule has 0 fully saturated rings. The molecule has 0 amide bonds. The quantitative estimate of drug-likeness (QED) is 0.0549. The lowest BCUT2D eigenvalue weighted by molar-refractivity contribution is 0.254. The first-order valence-corrected chi connectivity index (χ1v) is 43.6. The van der Waals surface area contributed by atoms with Gasteiger partial charge in [0.25, 0.3) is 0 Å². The Balaban J connectivity index is 4.00. The molecule has 0 aliphatic carbocycles. The normalized spacial score (nSPS) is 11.9. The fourth-order valence-electron chi connectivity index (χ4n) is 14.8. The summed E-state index contributed by atoms with van der Waals surface area (Å²) in [7, 11) is 0. The largest absolute Gasteiger partial charge is 0.303 e. The molecular formula is C87H177N. The van der Waals surface area contributed by atoms with Crippen molar-refractivity contribution >= 4 is 0 Å². The Morgan fingerprint density at radius 1 is 0.0909 bits per heavy atom. The van der Waals surface area contributed by atoms with Crippen LogP contribution in [0.15, 0.2) is 0 Å². The highest BCUT2D eigenvalue weighted by Gasteiger charge is 2.07. The Bertz CT molecular complexity index is 991. The summed E-state index contributed by atoms with van der Waals surface area (Å²) in [6, 6.07) is 0. The van der Waals surface area contributed by atoms with Gasteiger partial charge in [0, 0.05) is 0 Å². The van der Waals surface area contributed by atoms with Crippen LogP contribution in [0.4, 0.5) is 0 Å². The van der Waals surface area contributed by atoms with Crippen LogP contribution in [-0.2, 0) is 0 Å². The third-order valence-corrected chi connectivity index (χ3v) is 21.2. The van der Waals surface area contributed by atoms with Gasteiger partial charge in [-0.3, -0.25) is 0 Å². The molecule has 1 nitrogen and oxygen atoms in total. The predicted octanol–water partition coefficient (Wildman–Crippen LogP) is 32.9. The van der Waals surface area contributed by atoms with Gasteiger partial charge in [-0.2, -0.15) is 0 Å². The van der Waals surface area contributed by atoms with Crippen molar-refractivity contribution < 1.29 is 0 Å². The van der Waals surface area contributed by atoms with Crippen molar-refractivity contribution in [2.45, 2.75) is 541 Å². The molecular weight excluding hydrogens is 1060 g/mol. The maximum atomic E-state index is 2.92. The molecule has 0 N–H and O–H groups in total. The fraction of sp³-hybridized carbons (Fsp3) is 1.00. The van der Waals surface area contributed by atoms with E-state index in [1.165, 1.54) is 540 Å². The van der Waals surface area contributed by atoms with Crippen molar-refractivity contribution in [1.82, 2.24) is 4.90 Å². The second-order valence-corrected chi connectivity index (χ2v) is 30.4. The van der Waals surface area contributed by atoms with Gasteiger partial charge in [0.15, 0.2) is 0 Å². The van der Waals surface area contributed by atoms with Gasteiger partial charge in [-0.1, -0.05) is 522 Å². The summed E-state index contributed by atoms with van der Waals surface area (Å²) >= 11 is 0. The average Bonchev–Trinajstić information content (AvgIpc) is 3.54. The lowest BCUT2D eigenvalue weighted by Crippen LogP contribution is -2.27. The highest BCUT2D eigenvalue weighted by atomic mass is 15.1. The molecule has 0 radical (unpaired) electrons. The average molecular weight is 1240 g/mol. The van der Waals surface area contributed by atoms with E-state index in [0.717, 1.165) is 0 Å². The molecule has 0 aromatic carbocycles. The van der Waals surface area contributed by atoms with Crippen molar-refractivity contribution in [2.75, 3.05) is 19.6 Å². The highest BCUT2D eigenvalue weighted by Crippen LogP contribution is 2.22. The molecule has 1 heteroatoms. The Morgan fingerprint density at radius 3 is 0.239 bits per heavy atom. The van der Waals surface area contributed by atoms with Crippen molar-refractivity contribution in [3.8, 4) is 0 Å². The molecule has 88 heavy (non-hydrogen) atoms. The van der Waals surface area contributed by atoms with Crippen LogP contribution in [0.5, 0.6) is 0 Å². The van der Waals surface area contributed by atoms with Crippen molar-refractivity contribution in [1.29, 1.82) is 0 Å². The van der Waals surface area contributed by atoms with E-state index in [-0.39, 0.29) is 0 Å². The molecule has 0 aromatic rings. The summed E-state index contributed by atoms with van der Waals surface area (Å²) in [6.07, 6.45) is 120. The first-order chi connectivity index (χ1) is 43.8. The zero-order valence-electron chi connectivity index (χ0n) is 62.8. The molecule has 0 spiro atoms. The van der Waals surface area contributed by atoms with Crippen LogP contribution < -0.4 is 0 Å². The van der Waals surface area contributed by atoms with Gasteiger partial charge in [-0.05, 0) is 38.9 Å². The number of rotatable bonds is 84. The molecule has 530 valence electrons. The molecule has 0 heterocycles. The number of hydrogen-bond donors (Lipinski definition) is 0. The molecule has 0 aliphatic rings. The van der Waals surface area contributed by atoms with Crippen molar-refractivity contribution in [2.24, 2.45) is 0 Å². The van der Waals surface area contributed by atoms with E-state index in [4.69, 9.17) is 0 Å². The summed E-state index contributed by atoms with van der Waals surface area (Å²) in [5.74, 6) is 0. The van der Waals surface area contributed by atoms with Crippen molar-refractivity contribution in [3.63, 3.8) is 0 Å². The Morgan fingerprint density at radius 2 is 0.159 bits per heavy atom. The molecule has 0 aromatic heterocycles. The van der Waals surface area contributed by atoms with Gasteiger partial charge in [0.1, 0.15) is 0 Å². The monoisotopic (exact) mass is 1240 g/mol. The third kappa shape index (κ3) is 82.1. The van der Waals surface area contributed by atoms with Crippen LogP contribution in [-0.4, -0.2) is 24.5 Å². The highest BCUT2D eigenvalue weighted by molar-refractivity contribution is 4.62. The van der Waals surface area contributed by atoms with Crippen LogP contribution in [0.1, 0.15) is 541 Å². The summed E-state index contributed by atoms with van der Waals surface area (Å²) in [5.41, 5.74) is 0. The number of unbranched alkanes of at least 4 members (excludes halogenated alkanes) is 78. The molecule has 0 rings (SSSR count). The smallest absolute Gasteiger partial charge is 0.00187 e. The molecule has 0 aliphatic heterocycles. The molecule has 0 unspecified atom stereocenters. The second-order valence-electron chi connectivity index (χ2n) is 30.4. The first kappa shape index (κ1) is 88.0. The SMILES string of the molecule is CCCCCCCCCCCCCCCCCCCCCCCCCCCCCN(CCCCCCCCCCCCCCCCCCCCCCCCCCCCC)CCCCCCCCCCCCCCCCCCCCCCCCCCCCC. The zero-order valence-corrected chi connectivity index (χ0v) is 62.8. The number of hydrogen-bond acceptors (Lipinski definition) is 1. The van der Waals surface area contributed by atoms with Crippen molar-refractivity contribution in [3.05, 3.63) is 0 Å². The topological polar surface area (TPSA) is 3.24 Å². The first-order valence-electron chi connectivity index (χ1n) is 43.6. The van der Waals surface area contributed by atoms with E-state index < -0.39 is 0 Å². The van der Waals surface area contributed by atoms with Crippen LogP contribution in [0.2, 0.25) is 0 Å². The van der Waals surface area contributed by atoms with E-state index >= 15 is 0 Å². The van der Waals surface area contributed by atoms with Crippen LogP contribution in [0, 0.1) is 0 Å².